The average Bonchev–Trinajstić information content (AvgIpc) is 2.48. The molecule has 0 saturated heterocycles. The standard InChI is InChI=1S/C8H14N2O2.H2O4S/c1-2-3-9-4-5-10(7-9)6-8(11)12;1-5(2,3)4/h4-5H,2-3,6-7H2,1H3,(H,11,12);(H2,1,2,3,4). The Balaban J connectivity index is 0.000000437. The highest BCUT2D eigenvalue weighted by atomic mass is 32.3. The minimum Gasteiger partial charge on any atom is -0.480 e. The van der Waals surface area contributed by atoms with Crippen LogP contribution in [0.5, 0.6) is 0 Å². The van der Waals surface area contributed by atoms with Crippen LogP contribution in [0.2, 0.25) is 0 Å². The zero-order chi connectivity index (χ0) is 13.5. The van der Waals surface area contributed by atoms with E-state index in [1.54, 1.807) is 4.90 Å². The zero-order valence-electron chi connectivity index (χ0n) is 9.35. The van der Waals surface area contributed by atoms with Crippen molar-refractivity contribution < 1.29 is 27.4 Å². The molecule has 0 amide bonds. The second-order valence-corrected chi connectivity index (χ2v) is 4.24. The Hall–Kier alpha value is -1.32. The van der Waals surface area contributed by atoms with Crippen LogP contribution in [0.1, 0.15) is 13.3 Å². The first-order chi connectivity index (χ1) is 7.72. The SMILES string of the molecule is CCCN1C=CN(CC(=O)O)C1.O=S(=O)(O)O. The van der Waals surface area contributed by atoms with Crippen molar-refractivity contribution >= 4 is 16.4 Å². The van der Waals surface area contributed by atoms with E-state index >= 15 is 0 Å². The molecule has 0 bridgehead atoms. The van der Waals surface area contributed by atoms with Gasteiger partial charge in [-0.2, -0.15) is 8.42 Å². The van der Waals surface area contributed by atoms with Crippen LogP contribution in [-0.2, 0) is 15.2 Å². The highest BCUT2D eigenvalue weighted by Crippen LogP contribution is 2.05. The molecule has 0 aromatic rings. The molecule has 1 rings (SSSR count). The fourth-order valence-electron chi connectivity index (χ4n) is 1.23. The van der Waals surface area contributed by atoms with E-state index in [0.717, 1.165) is 13.0 Å². The van der Waals surface area contributed by atoms with Crippen molar-refractivity contribution in [2.45, 2.75) is 13.3 Å². The first-order valence-corrected chi connectivity index (χ1v) is 6.20. The third kappa shape index (κ3) is 11.0. The largest absolute Gasteiger partial charge is 0.480 e. The summed E-state index contributed by atoms with van der Waals surface area (Å²) in [5, 5.41) is 8.50. The molecule has 0 fully saturated rings. The molecule has 0 aliphatic carbocycles. The summed E-state index contributed by atoms with van der Waals surface area (Å²) in [5.74, 6) is -0.780. The topological polar surface area (TPSA) is 118 Å². The van der Waals surface area contributed by atoms with Gasteiger partial charge >= 0.3 is 16.4 Å². The van der Waals surface area contributed by atoms with Crippen LogP contribution >= 0.6 is 0 Å². The number of carboxylic acids is 1. The Kier molecular flexibility index (Phi) is 6.54. The van der Waals surface area contributed by atoms with Gasteiger partial charge in [0, 0.05) is 18.9 Å². The summed E-state index contributed by atoms with van der Waals surface area (Å²) in [5.41, 5.74) is 0. The molecule has 0 aromatic heterocycles. The van der Waals surface area contributed by atoms with E-state index in [1.165, 1.54) is 0 Å². The minimum atomic E-state index is -4.67. The van der Waals surface area contributed by atoms with Gasteiger partial charge in [-0.1, -0.05) is 6.92 Å². The highest BCUT2D eigenvalue weighted by Gasteiger charge is 2.12. The van der Waals surface area contributed by atoms with Crippen LogP contribution in [0.3, 0.4) is 0 Å². The van der Waals surface area contributed by atoms with Gasteiger partial charge in [0.15, 0.2) is 0 Å². The summed E-state index contributed by atoms with van der Waals surface area (Å²) in [7, 11) is -4.67. The van der Waals surface area contributed by atoms with Crippen LogP contribution in [-0.4, -0.2) is 58.2 Å². The van der Waals surface area contributed by atoms with Crippen molar-refractivity contribution in [3.63, 3.8) is 0 Å². The van der Waals surface area contributed by atoms with Gasteiger partial charge in [0.25, 0.3) is 0 Å². The molecule has 0 saturated carbocycles. The van der Waals surface area contributed by atoms with E-state index in [9.17, 15) is 4.79 Å². The van der Waals surface area contributed by atoms with E-state index < -0.39 is 16.4 Å². The smallest absolute Gasteiger partial charge is 0.394 e. The Morgan fingerprint density at radius 1 is 1.29 bits per heavy atom. The normalized spacial score (nSPS) is 14.5. The Labute approximate surface area is 99.7 Å². The summed E-state index contributed by atoms with van der Waals surface area (Å²) in [6.45, 7) is 3.90. The maximum absolute atomic E-state index is 10.3. The van der Waals surface area contributed by atoms with Gasteiger partial charge in [0.1, 0.15) is 6.54 Å². The lowest BCUT2D eigenvalue weighted by molar-refractivity contribution is -0.137. The van der Waals surface area contributed by atoms with Gasteiger partial charge in [0.2, 0.25) is 0 Å². The molecule has 0 spiro atoms. The molecule has 0 aromatic carbocycles. The summed E-state index contributed by atoms with van der Waals surface area (Å²) in [6.07, 6.45) is 4.85. The maximum Gasteiger partial charge on any atom is 0.394 e. The Bertz CT molecular complexity index is 358. The Morgan fingerprint density at radius 2 is 1.76 bits per heavy atom. The summed E-state index contributed by atoms with van der Waals surface area (Å²) < 4.78 is 31.6. The van der Waals surface area contributed by atoms with E-state index in [2.05, 4.69) is 11.8 Å². The lowest BCUT2D eigenvalue weighted by Gasteiger charge is -2.18. The van der Waals surface area contributed by atoms with Crippen LogP contribution in [0, 0.1) is 0 Å². The zero-order valence-corrected chi connectivity index (χ0v) is 10.2. The number of aliphatic carboxylic acids is 1. The van der Waals surface area contributed by atoms with Gasteiger partial charge in [-0.25, -0.2) is 0 Å². The highest BCUT2D eigenvalue weighted by molar-refractivity contribution is 7.79. The monoisotopic (exact) mass is 268 g/mol. The molecule has 100 valence electrons. The lowest BCUT2D eigenvalue weighted by atomic mass is 10.4. The van der Waals surface area contributed by atoms with Crippen LogP contribution in [0.25, 0.3) is 0 Å². The molecule has 1 aliphatic rings. The molecular weight excluding hydrogens is 252 g/mol. The van der Waals surface area contributed by atoms with Crippen molar-refractivity contribution in [1.82, 2.24) is 9.80 Å². The minimum absolute atomic E-state index is 0.0940. The molecule has 17 heavy (non-hydrogen) atoms. The van der Waals surface area contributed by atoms with E-state index in [-0.39, 0.29) is 6.54 Å². The van der Waals surface area contributed by atoms with Crippen LogP contribution < -0.4 is 0 Å². The number of carboxylic acid groups (broad SMARTS) is 1. The molecular formula is C8H16N2O6S. The van der Waals surface area contributed by atoms with Crippen LogP contribution in [0.4, 0.5) is 0 Å². The fraction of sp³-hybridized carbons (Fsp3) is 0.625. The van der Waals surface area contributed by atoms with Gasteiger partial charge in [-0.3, -0.25) is 13.9 Å². The first kappa shape index (κ1) is 15.7. The molecule has 9 heteroatoms. The third-order valence-corrected chi connectivity index (χ3v) is 1.70. The predicted octanol–water partition coefficient (Wildman–Crippen LogP) is -0.125. The molecule has 8 nitrogen and oxygen atoms in total. The van der Waals surface area contributed by atoms with E-state index in [0.29, 0.717) is 6.67 Å². The summed E-state index contributed by atoms with van der Waals surface area (Å²) in [6, 6.07) is 0. The molecule has 0 atom stereocenters. The second kappa shape index (κ2) is 7.09. The predicted molar refractivity (Wildman–Crippen MR) is 59.5 cm³/mol. The maximum atomic E-state index is 10.3. The Morgan fingerprint density at radius 3 is 2.18 bits per heavy atom. The number of hydrogen-bond donors (Lipinski definition) is 3. The van der Waals surface area contributed by atoms with Crippen molar-refractivity contribution in [3.8, 4) is 0 Å². The first-order valence-electron chi connectivity index (χ1n) is 4.80. The summed E-state index contributed by atoms with van der Waals surface area (Å²) >= 11 is 0. The number of carbonyl (C=O) groups is 1. The molecule has 1 heterocycles. The average molecular weight is 268 g/mol. The van der Waals surface area contributed by atoms with Gasteiger partial charge in [-0.05, 0) is 6.42 Å². The van der Waals surface area contributed by atoms with E-state index in [4.69, 9.17) is 22.6 Å². The lowest BCUT2D eigenvalue weighted by Crippen LogP contribution is -2.29. The summed E-state index contributed by atoms with van der Waals surface area (Å²) in [4.78, 5) is 14.2. The molecule has 0 radical (unpaired) electrons. The quantitative estimate of drug-likeness (QED) is 0.603. The molecule has 3 N–H and O–H groups in total. The third-order valence-electron chi connectivity index (χ3n) is 1.70. The number of nitrogens with zero attached hydrogens (tertiary/aromatic N) is 2. The molecule has 0 unspecified atom stereocenters. The van der Waals surface area contributed by atoms with Gasteiger partial charge in [-0.15, -0.1) is 0 Å². The van der Waals surface area contributed by atoms with E-state index in [1.807, 2.05) is 12.4 Å². The fourth-order valence-corrected chi connectivity index (χ4v) is 1.23. The molecule has 1 aliphatic heterocycles. The van der Waals surface area contributed by atoms with Crippen LogP contribution in [0.15, 0.2) is 12.4 Å². The van der Waals surface area contributed by atoms with Gasteiger partial charge in [0.05, 0.1) is 6.67 Å². The van der Waals surface area contributed by atoms with Gasteiger partial charge < -0.3 is 14.9 Å². The van der Waals surface area contributed by atoms with Crippen molar-refractivity contribution in [2.75, 3.05) is 19.8 Å². The second-order valence-electron chi connectivity index (χ2n) is 3.34. The van der Waals surface area contributed by atoms with Crippen molar-refractivity contribution in [1.29, 1.82) is 0 Å². The van der Waals surface area contributed by atoms with Crippen molar-refractivity contribution in [3.05, 3.63) is 12.4 Å². The van der Waals surface area contributed by atoms with Crippen molar-refractivity contribution in [2.24, 2.45) is 0 Å². The number of rotatable bonds is 4. The number of hydrogen-bond acceptors (Lipinski definition) is 5.